The molecule has 0 aliphatic carbocycles. The summed E-state index contributed by atoms with van der Waals surface area (Å²) in [6.07, 6.45) is 2.83. The first-order chi connectivity index (χ1) is 11.6. The van der Waals surface area contributed by atoms with E-state index >= 15 is 0 Å². The van der Waals surface area contributed by atoms with Gasteiger partial charge in [0, 0.05) is 18.8 Å². The standard InChI is InChI=1S/C16H19N5O3/c1-17-16(15-18-11-14(19(15)2)21(22)23)24-13-7-5-12(6-8-13)20-9-3-4-10-20/h5-8,11,16H,1,3-4,9-10H2,2H3. The number of imidazole rings is 1. The van der Waals surface area contributed by atoms with E-state index in [-0.39, 0.29) is 5.82 Å². The lowest BCUT2D eigenvalue weighted by molar-refractivity contribution is -0.391. The minimum atomic E-state index is -0.804. The lowest BCUT2D eigenvalue weighted by atomic mass is 10.3. The fourth-order valence-corrected chi connectivity index (χ4v) is 2.82. The Hall–Kier alpha value is -2.90. The fourth-order valence-electron chi connectivity index (χ4n) is 2.82. The number of hydrogen-bond donors (Lipinski definition) is 0. The second-order valence-electron chi connectivity index (χ2n) is 5.63. The molecule has 8 heteroatoms. The molecule has 2 aromatic rings. The summed E-state index contributed by atoms with van der Waals surface area (Å²) in [5.41, 5.74) is 1.16. The van der Waals surface area contributed by atoms with Gasteiger partial charge in [0.25, 0.3) is 12.1 Å². The molecule has 2 heterocycles. The van der Waals surface area contributed by atoms with Crippen LogP contribution in [0, 0.1) is 10.1 Å². The third-order valence-corrected chi connectivity index (χ3v) is 4.13. The van der Waals surface area contributed by atoms with Crippen molar-refractivity contribution in [2.24, 2.45) is 12.0 Å². The molecule has 0 spiro atoms. The Morgan fingerprint density at radius 1 is 1.33 bits per heavy atom. The molecule has 1 atom stereocenters. The Morgan fingerprint density at radius 2 is 2.00 bits per heavy atom. The molecule has 24 heavy (non-hydrogen) atoms. The first-order valence-corrected chi connectivity index (χ1v) is 7.73. The van der Waals surface area contributed by atoms with Gasteiger partial charge in [0.05, 0.1) is 7.05 Å². The van der Waals surface area contributed by atoms with E-state index in [0.29, 0.717) is 11.6 Å². The molecular formula is C16H19N5O3. The molecular weight excluding hydrogens is 310 g/mol. The molecule has 1 aliphatic heterocycles. The van der Waals surface area contributed by atoms with Crippen molar-refractivity contribution in [1.82, 2.24) is 9.55 Å². The van der Waals surface area contributed by atoms with Crippen LogP contribution in [0.25, 0.3) is 0 Å². The van der Waals surface area contributed by atoms with Gasteiger partial charge in [0.2, 0.25) is 0 Å². The molecule has 8 nitrogen and oxygen atoms in total. The maximum Gasteiger partial charge on any atom is 0.342 e. The first kappa shape index (κ1) is 16.0. The van der Waals surface area contributed by atoms with Crippen molar-refractivity contribution in [3.8, 4) is 5.75 Å². The van der Waals surface area contributed by atoms with Crippen LogP contribution < -0.4 is 9.64 Å². The molecule has 1 aromatic heterocycles. The lowest BCUT2D eigenvalue weighted by Crippen LogP contribution is -2.17. The van der Waals surface area contributed by atoms with Gasteiger partial charge in [-0.1, -0.05) is 0 Å². The number of aliphatic imine (C=N–C) groups is 1. The summed E-state index contributed by atoms with van der Waals surface area (Å²) in [5, 5.41) is 10.9. The summed E-state index contributed by atoms with van der Waals surface area (Å²) in [5.74, 6) is 0.827. The maximum atomic E-state index is 10.9. The number of ether oxygens (including phenoxy) is 1. The number of nitrogens with zero attached hydrogens (tertiary/aromatic N) is 5. The van der Waals surface area contributed by atoms with Crippen LogP contribution in [0.3, 0.4) is 0 Å². The van der Waals surface area contributed by atoms with E-state index in [2.05, 4.69) is 21.6 Å². The number of nitro groups is 1. The van der Waals surface area contributed by atoms with Crippen molar-refractivity contribution in [2.75, 3.05) is 18.0 Å². The van der Waals surface area contributed by atoms with Crippen molar-refractivity contribution >= 4 is 18.2 Å². The zero-order chi connectivity index (χ0) is 17.1. The van der Waals surface area contributed by atoms with E-state index < -0.39 is 11.2 Å². The van der Waals surface area contributed by atoms with Gasteiger partial charge in [-0.3, -0.25) is 0 Å². The molecule has 0 N–H and O–H groups in total. The van der Waals surface area contributed by atoms with Crippen molar-refractivity contribution in [2.45, 2.75) is 19.1 Å². The van der Waals surface area contributed by atoms with Crippen LogP contribution in [0.5, 0.6) is 5.75 Å². The number of anilines is 1. The van der Waals surface area contributed by atoms with E-state index in [9.17, 15) is 10.1 Å². The van der Waals surface area contributed by atoms with Crippen molar-refractivity contribution in [1.29, 1.82) is 0 Å². The normalized spacial score (nSPS) is 15.3. The Kier molecular flexibility index (Phi) is 4.45. The average molecular weight is 329 g/mol. The average Bonchev–Trinajstić information content (AvgIpc) is 3.23. The summed E-state index contributed by atoms with van der Waals surface area (Å²) in [7, 11) is 1.55. The molecule has 0 radical (unpaired) electrons. The molecule has 126 valence electrons. The summed E-state index contributed by atoms with van der Waals surface area (Å²) >= 11 is 0. The van der Waals surface area contributed by atoms with E-state index in [1.165, 1.54) is 23.6 Å². The summed E-state index contributed by atoms with van der Waals surface area (Å²) in [6, 6.07) is 7.73. The van der Waals surface area contributed by atoms with Gasteiger partial charge in [0.1, 0.15) is 11.9 Å². The van der Waals surface area contributed by atoms with Gasteiger partial charge in [0.15, 0.2) is 0 Å². The van der Waals surface area contributed by atoms with E-state index in [1.54, 1.807) is 7.05 Å². The predicted octanol–water partition coefficient (Wildman–Crippen LogP) is 2.71. The van der Waals surface area contributed by atoms with Crippen LogP contribution in [0.4, 0.5) is 11.5 Å². The quantitative estimate of drug-likeness (QED) is 0.462. The summed E-state index contributed by atoms with van der Waals surface area (Å²) < 4.78 is 7.13. The number of benzene rings is 1. The molecule has 1 saturated heterocycles. The smallest absolute Gasteiger partial charge is 0.342 e. The van der Waals surface area contributed by atoms with Crippen LogP contribution >= 0.6 is 0 Å². The second kappa shape index (κ2) is 6.69. The molecule has 1 unspecified atom stereocenters. The highest BCUT2D eigenvalue weighted by Gasteiger charge is 2.25. The second-order valence-corrected chi connectivity index (χ2v) is 5.63. The minimum Gasteiger partial charge on any atom is -0.459 e. The Bertz CT molecular complexity index is 735. The van der Waals surface area contributed by atoms with Gasteiger partial charge in [-0.05, 0) is 48.7 Å². The molecule has 1 aromatic carbocycles. The Labute approximate surface area is 139 Å². The maximum absolute atomic E-state index is 10.9. The summed E-state index contributed by atoms with van der Waals surface area (Å²) in [4.78, 5) is 20.7. The van der Waals surface area contributed by atoms with Gasteiger partial charge < -0.3 is 19.8 Å². The highest BCUT2D eigenvalue weighted by molar-refractivity contribution is 5.49. The van der Waals surface area contributed by atoms with Crippen LogP contribution in [0.2, 0.25) is 0 Å². The monoisotopic (exact) mass is 329 g/mol. The Morgan fingerprint density at radius 3 is 2.54 bits per heavy atom. The molecule has 0 bridgehead atoms. The fraction of sp³-hybridized carbons (Fsp3) is 0.375. The molecule has 1 aliphatic rings. The first-order valence-electron chi connectivity index (χ1n) is 7.73. The van der Waals surface area contributed by atoms with Crippen LogP contribution in [0.15, 0.2) is 35.5 Å². The highest BCUT2D eigenvalue weighted by Crippen LogP contribution is 2.27. The molecule has 0 amide bonds. The van der Waals surface area contributed by atoms with Gasteiger partial charge in [-0.25, -0.2) is 14.5 Å². The zero-order valence-corrected chi connectivity index (χ0v) is 13.5. The number of rotatable bonds is 6. The van der Waals surface area contributed by atoms with Crippen molar-refractivity contribution < 1.29 is 9.66 Å². The predicted molar refractivity (Wildman–Crippen MR) is 90.7 cm³/mol. The third-order valence-electron chi connectivity index (χ3n) is 4.13. The van der Waals surface area contributed by atoms with Gasteiger partial charge >= 0.3 is 5.82 Å². The molecule has 0 saturated carbocycles. The van der Waals surface area contributed by atoms with E-state index in [0.717, 1.165) is 18.8 Å². The van der Waals surface area contributed by atoms with Crippen molar-refractivity contribution in [3.05, 3.63) is 46.4 Å². The highest BCUT2D eigenvalue weighted by atomic mass is 16.6. The molecule has 3 rings (SSSR count). The lowest BCUT2D eigenvalue weighted by Gasteiger charge is -2.18. The summed E-state index contributed by atoms with van der Waals surface area (Å²) in [6.45, 7) is 5.66. The third kappa shape index (κ3) is 3.08. The minimum absolute atomic E-state index is 0.119. The molecule has 1 fully saturated rings. The van der Waals surface area contributed by atoms with Crippen LogP contribution in [-0.4, -0.2) is 34.3 Å². The van der Waals surface area contributed by atoms with Crippen LogP contribution in [0.1, 0.15) is 24.9 Å². The SMILES string of the molecule is C=NC(Oc1ccc(N2CCCC2)cc1)c1ncc([N+](=O)[O-])n1C. The largest absolute Gasteiger partial charge is 0.459 e. The van der Waals surface area contributed by atoms with Crippen LogP contribution in [-0.2, 0) is 7.05 Å². The van der Waals surface area contributed by atoms with E-state index in [1.807, 2.05) is 24.3 Å². The van der Waals surface area contributed by atoms with Gasteiger partial charge in [-0.15, -0.1) is 0 Å². The number of hydrogen-bond acceptors (Lipinski definition) is 6. The van der Waals surface area contributed by atoms with Crippen molar-refractivity contribution in [3.63, 3.8) is 0 Å². The van der Waals surface area contributed by atoms with Gasteiger partial charge in [-0.2, -0.15) is 0 Å². The topological polar surface area (TPSA) is 85.8 Å². The van der Waals surface area contributed by atoms with E-state index in [4.69, 9.17) is 4.74 Å². The number of aromatic nitrogens is 2. The Balaban J connectivity index is 1.75. The zero-order valence-electron chi connectivity index (χ0n) is 13.5.